The minimum absolute atomic E-state index is 0.299. The number of benzene rings is 2. The van der Waals surface area contributed by atoms with Crippen LogP contribution in [0.4, 0.5) is 5.69 Å². The fourth-order valence-corrected chi connectivity index (χ4v) is 4.83. The number of fused-ring (bicyclic) bond motifs is 3. The molecule has 2 amide bonds. The van der Waals surface area contributed by atoms with Crippen molar-refractivity contribution in [1.29, 1.82) is 0 Å². The van der Waals surface area contributed by atoms with Gasteiger partial charge in [0.1, 0.15) is 6.04 Å². The molecule has 0 N–H and O–H groups in total. The largest absolute Gasteiger partial charge is 0.493 e. The van der Waals surface area contributed by atoms with Crippen LogP contribution in [0.3, 0.4) is 0 Å². The predicted molar refractivity (Wildman–Crippen MR) is 117 cm³/mol. The Balaban J connectivity index is 1.57. The molecule has 0 bridgehead atoms. The minimum Gasteiger partial charge on any atom is -0.493 e. The number of para-hydroxylation sites is 1. The van der Waals surface area contributed by atoms with Crippen molar-refractivity contribution in [3.8, 4) is 11.5 Å². The maximum absolute atomic E-state index is 13.7. The van der Waals surface area contributed by atoms with E-state index in [1.807, 2.05) is 12.1 Å². The number of ether oxygens (including phenoxy) is 2. The first-order chi connectivity index (χ1) is 15.6. The van der Waals surface area contributed by atoms with Crippen molar-refractivity contribution in [2.75, 3.05) is 19.1 Å². The fourth-order valence-electron chi connectivity index (χ4n) is 4.83. The topological polar surface area (TPSA) is 88.5 Å². The highest BCUT2D eigenvalue weighted by Gasteiger charge is 2.64. The lowest BCUT2D eigenvalue weighted by molar-refractivity contribution is -0.123. The SMILES string of the molecule is COc1ccc(C(=O)C2C3C(=O)N(c4ccccc4)C(=O)C3C3C=CC=NN32)cc1OC. The summed E-state index contributed by atoms with van der Waals surface area (Å²) in [5.41, 5.74) is 0.860. The summed E-state index contributed by atoms with van der Waals surface area (Å²) in [5, 5.41) is 5.96. The number of ketones is 1. The van der Waals surface area contributed by atoms with Crippen molar-refractivity contribution >= 4 is 29.5 Å². The van der Waals surface area contributed by atoms with Gasteiger partial charge in [0.05, 0.1) is 37.8 Å². The number of hydrazone groups is 1. The number of anilines is 1. The van der Waals surface area contributed by atoms with E-state index in [1.54, 1.807) is 59.8 Å². The normalized spacial score (nSPS) is 25.7. The summed E-state index contributed by atoms with van der Waals surface area (Å²) in [6, 6.07) is 12.3. The van der Waals surface area contributed by atoms with E-state index in [4.69, 9.17) is 9.47 Å². The van der Waals surface area contributed by atoms with Crippen LogP contribution in [0.25, 0.3) is 0 Å². The molecule has 3 aliphatic heterocycles. The molecule has 2 fully saturated rings. The van der Waals surface area contributed by atoms with Gasteiger partial charge in [0.25, 0.3) is 0 Å². The molecule has 8 nitrogen and oxygen atoms in total. The third-order valence-corrected chi connectivity index (χ3v) is 6.24. The third kappa shape index (κ3) is 2.83. The van der Waals surface area contributed by atoms with Crippen molar-refractivity contribution in [3.63, 3.8) is 0 Å². The summed E-state index contributed by atoms with van der Waals surface area (Å²) < 4.78 is 10.6. The molecule has 32 heavy (non-hydrogen) atoms. The first-order valence-corrected chi connectivity index (χ1v) is 10.2. The van der Waals surface area contributed by atoms with E-state index in [2.05, 4.69) is 5.10 Å². The van der Waals surface area contributed by atoms with Crippen LogP contribution in [-0.4, -0.2) is 55.1 Å². The average molecular weight is 431 g/mol. The molecular formula is C24H21N3O5. The summed E-state index contributed by atoms with van der Waals surface area (Å²) >= 11 is 0. The summed E-state index contributed by atoms with van der Waals surface area (Å²) in [5.74, 6) is -1.63. The Bertz CT molecular complexity index is 1160. The van der Waals surface area contributed by atoms with Gasteiger partial charge in [-0.1, -0.05) is 24.3 Å². The van der Waals surface area contributed by atoms with Crippen LogP contribution < -0.4 is 14.4 Å². The number of amides is 2. The lowest BCUT2D eigenvalue weighted by Crippen LogP contribution is -2.46. The van der Waals surface area contributed by atoms with Crippen LogP contribution >= 0.6 is 0 Å². The van der Waals surface area contributed by atoms with Gasteiger partial charge in [-0.25, -0.2) is 4.90 Å². The Morgan fingerprint density at radius 2 is 1.66 bits per heavy atom. The van der Waals surface area contributed by atoms with Crippen molar-refractivity contribution < 1.29 is 23.9 Å². The van der Waals surface area contributed by atoms with E-state index in [9.17, 15) is 14.4 Å². The lowest BCUT2D eigenvalue weighted by atomic mass is 9.86. The van der Waals surface area contributed by atoms with Crippen LogP contribution in [0.15, 0.2) is 65.8 Å². The van der Waals surface area contributed by atoms with Crippen molar-refractivity contribution in [3.05, 3.63) is 66.2 Å². The number of allylic oxidation sites excluding steroid dienone is 1. The minimum atomic E-state index is -0.908. The summed E-state index contributed by atoms with van der Waals surface area (Å²) in [7, 11) is 3.01. The van der Waals surface area contributed by atoms with Gasteiger partial charge in [0, 0.05) is 11.8 Å². The number of carbonyl (C=O) groups is 3. The highest BCUT2D eigenvalue weighted by atomic mass is 16.5. The lowest BCUT2D eigenvalue weighted by Gasteiger charge is -2.30. The third-order valence-electron chi connectivity index (χ3n) is 6.24. The monoisotopic (exact) mass is 431 g/mol. The molecule has 5 rings (SSSR count). The number of Topliss-reactive ketones (excluding diaryl/α,β-unsaturated/α-hetero) is 1. The number of hydrogen-bond donors (Lipinski definition) is 0. The summed E-state index contributed by atoms with van der Waals surface area (Å²) in [6.07, 6.45) is 5.13. The van der Waals surface area contributed by atoms with Crippen LogP contribution in [0.5, 0.6) is 11.5 Å². The first-order valence-electron chi connectivity index (χ1n) is 10.2. The van der Waals surface area contributed by atoms with E-state index in [-0.39, 0.29) is 17.6 Å². The zero-order valence-corrected chi connectivity index (χ0v) is 17.5. The van der Waals surface area contributed by atoms with Crippen LogP contribution in [0.1, 0.15) is 10.4 Å². The second-order valence-corrected chi connectivity index (χ2v) is 7.80. The number of nitrogens with zero attached hydrogens (tertiary/aromatic N) is 3. The average Bonchev–Trinajstić information content (AvgIpc) is 3.31. The molecule has 2 saturated heterocycles. The standard InChI is InChI=1S/C24H21N3O5/c1-31-17-11-10-14(13-18(17)32-2)22(28)21-20-19(16-9-6-12-25-27(16)21)23(29)26(24(20)30)15-7-4-3-5-8-15/h3-13,16,19-21H,1-2H3. The molecule has 4 atom stereocenters. The van der Waals surface area contributed by atoms with Crippen LogP contribution in [0, 0.1) is 11.8 Å². The van der Waals surface area contributed by atoms with E-state index in [0.29, 0.717) is 22.7 Å². The van der Waals surface area contributed by atoms with Gasteiger partial charge in [-0.2, -0.15) is 5.10 Å². The van der Waals surface area contributed by atoms with Crippen molar-refractivity contribution in [1.82, 2.24) is 5.01 Å². The Morgan fingerprint density at radius 3 is 2.38 bits per heavy atom. The number of rotatable bonds is 5. The molecule has 3 heterocycles. The smallest absolute Gasteiger partial charge is 0.240 e. The summed E-state index contributed by atoms with van der Waals surface area (Å²) in [4.78, 5) is 41.8. The van der Waals surface area contributed by atoms with Crippen LogP contribution in [-0.2, 0) is 9.59 Å². The van der Waals surface area contributed by atoms with Gasteiger partial charge in [-0.15, -0.1) is 0 Å². The maximum atomic E-state index is 13.7. The summed E-state index contributed by atoms with van der Waals surface area (Å²) in [6.45, 7) is 0. The van der Waals surface area contributed by atoms with Gasteiger partial charge in [0.15, 0.2) is 17.3 Å². The van der Waals surface area contributed by atoms with E-state index < -0.39 is 23.9 Å². The zero-order chi connectivity index (χ0) is 22.4. The van der Waals surface area contributed by atoms with Crippen molar-refractivity contribution in [2.24, 2.45) is 16.9 Å². The molecule has 0 spiro atoms. The number of methoxy groups -OCH3 is 2. The molecule has 162 valence electrons. The molecule has 4 unspecified atom stereocenters. The van der Waals surface area contributed by atoms with Gasteiger partial charge < -0.3 is 9.47 Å². The number of imide groups is 1. The predicted octanol–water partition coefficient (Wildman–Crippen LogP) is 2.30. The second-order valence-electron chi connectivity index (χ2n) is 7.80. The Morgan fingerprint density at radius 1 is 0.938 bits per heavy atom. The highest BCUT2D eigenvalue weighted by Crippen LogP contribution is 2.46. The molecule has 2 aromatic rings. The molecule has 8 heteroatoms. The molecule has 0 saturated carbocycles. The van der Waals surface area contributed by atoms with Crippen molar-refractivity contribution in [2.45, 2.75) is 12.1 Å². The fraction of sp³-hybridized carbons (Fsp3) is 0.250. The van der Waals surface area contributed by atoms with E-state index in [1.165, 1.54) is 19.1 Å². The number of hydrogen-bond acceptors (Lipinski definition) is 7. The van der Waals surface area contributed by atoms with Crippen LogP contribution in [0.2, 0.25) is 0 Å². The quantitative estimate of drug-likeness (QED) is 0.533. The maximum Gasteiger partial charge on any atom is 0.240 e. The number of carbonyl (C=O) groups excluding carboxylic acids is 3. The Labute approximate surface area is 184 Å². The molecule has 0 radical (unpaired) electrons. The Hall–Kier alpha value is -3.94. The molecule has 0 aromatic heterocycles. The molecule has 0 aliphatic carbocycles. The second kappa shape index (κ2) is 7.64. The molecule has 2 aromatic carbocycles. The van der Waals surface area contributed by atoms with E-state index >= 15 is 0 Å². The molecular weight excluding hydrogens is 410 g/mol. The first kappa shape index (κ1) is 20.0. The van der Waals surface area contributed by atoms with E-state index in [0.717, 1.165) is 0 Å². The van der Waals surface area contributed by atoms with Gasteiger partial charge >= 0.3 is 0 Å². The van der Waals surface area contributed by atoms with Gasteiger partial charge in [-0.3, -0.25) is 19.4 Å². The Kier molecular flexibility index (Phi) is 4.77. The zero-order valence-electron chi connectivity index (χ0n) is 17.5. The van der Waals surface area contributed by atoms with Gasteiger partial charge in [0.2, 0.25) is 11.8 Å². The molecule has 3 aliphatic rings. The highest BCUT2D eigenvalue weighted by molar-refractivity contribution is 6.24. The van der Waals surface area contributed by atoms with Gasteiger partial charge in [-0.05, 0) is 36.4 Å².